The molecule has 0 aliphatic heterocycles. The van der Waals surface area contributed by atoms with Crippen LogP contribution >= 0.6 is 15.9 Å². The lowest BCUT2D eigenvalue weighted by Crippen LogP contribution is -2.32. The Bertz CT molecular complexity index is 401. The third-order valence-corrected chi connectivity index (χ3v) is 2.93. The Balaban J connectivity index is 2.10. The molecule has 0 spiro atoms. The highest BCUT2D eigenvalue weighted by atomic mass is 79.9. The molecule has 1 atom stereocenters. The Kier molecular flexibility index (Phi) is 7.32. The van der Waals surface area contributed by atoms with E-state index in [0.717, 1.165) is 4.47 Å². The summed E-state index contributed by atoms with van der Waals surface area (Å²) in [6.07, 6.45) is -5.70. The van der Waals surface area contributed by atoms with Gasteiger partial charge in [-0.1, -0.05) is 22.0 Å². The van der Waals surface area contributed by atoms with Crippen LogP contribution in [0.15, 0.2) is 28.7 Å². The van der Waals surface area contributed by atoms with Gasteiger partial charge in [0.15, 0.2) is 0 Å². The molecule has 0 aliphatic rings. The fourth-order valence-electron chi connectivity index (χ4n) is 1.49. The second-order valence-electron chi connectivity index (χ2n) is 4.35. The minimum absolute atomic E-state index is 0.00269. The Morgan fingerprint density at radius 2 is 2.10 bits per heavy atom. The van der Waals surface area contributed by atoms with Crippen molar-refractivity contribution in [2.24, 2.45) is 0 Å². The number of alkyl halides is 3. The average molecular weight is 356 g/mol. The number of ether oxygens (including phenoxy) is 1. The van der Waals surface area contributed by atoms with Crippen molar-refractivity contribution in [1.82, 2.24) is 5.32 Å². The van der Waals surface area contributed by atoms with Gasteiger partial charge >= 0.3 is 6.18 Å². The smallest absolute Gasteiger partial charge is 0.389 e. The zero-order chi connectivity index (χ0) is 15.0. The number of hydrogen-bond acceptors (Lipinski definition) is 3. The van der Waals surface area contributed by atoms with Gasteiger partial charge in [-0.25, -0.2) is 0 Å². The lowest BCUT2D eigenvalue weighted by molar-refractivity contribution is -0.135. The molecule has 1 rings (SSSR count). The van der Waals surface area contributed by atoms with E-state index in [-0.39, 0.29) is 26.1 Å². The van der Waals surface area contributed by atoms with E-state index in [2.05, 4.69) is 21.2 Å². The van der Waals surface area contributed by atoms with Crippen molar-refractivity contribution in [2.45, 2.75) is 25.1 Å². The third-order valence-electron chi connectivity index (χ3n) is 2.43. The lowest BCUT2D eigenvalue weighted by atomic mass is 10.3. The van der Waals surface area contributed by atoms with Gasteiger partial charge in [0.1, 0.15) is 18.5 Å². The molecule has 0 saturated carbocycles. The van der Waals surface area contributed by atoms with Crippen molar-refractivity contribution in [1.29, 1.82) is 0 Å². The summed E-state index contributed by atoms with van der Waals surface area (Å²) in [6.45, 7) is 0.502. The maximum absolute atomic E-state index is 11.9. The van der Waals surface area contributed by atoms with Crippen LogP contribution in [0.5, 0.6) is 5.75 Å². The second kappa shape index (κ2) is 8.49. The second-order valence-corrected chi connectivity index (χ2v) is 5.26. The quantitative estimate of drug-likeness (QED) is 0.704. The highest BCUT2D eigenvalue weighted by molar-refractivity contribution is 9.10. The molecule has 114 valence electrons. The summed E-state index contributed by atoms with van der Waals surface area (Å²) in [5, 5.41) is 12.4. The predicted molar refractivity (Wildman–Crippen MR) is 73.8 cm³/mol. The van der Waals surface area contributed by atoms with E-state index in [1.54, 1.807) is 18.2 Å². The van der Waals surface area contributed by atoms with Gasteiger partial charge in [0.05, 0.1) is 0 Å². The van der Waals surface area contributed by atoms with Crippen LogP contribution in [0.4, 0.5) is 13.2 Å². The summed E-state index contributed by atoms with van der Waals surface area (Å²) >= 11 is 3.30. The maximum Gasteiger partial charge on any atom is 0.389 e. The number of benzene rings is 1. The zero-order valence-electron chi connectivity index (χ0n) is 10.8. The van der Waals surface area contributed by atoms with Gasteiger partial charge in [-0.05, 0) is 31.2 Å². The fraction of sp³-hybridized carbons (Fsp3) is 0.538. The fourth-order valence-corrected chi connectivity index (χ4v) is 1.87. The lowest BCUT2D eigenvalue weighted by Gasteiger charge is -2.13. The number of rotatable bonds is 8. The largest absolute Gasteiger partial charge is 0.491 e. The Hall–Kier alpha value is -0.790. The van der Waals surface area contributed by atoms with Gasteiger partial charge in [-0.2, -0.15) is 13.2 Å². The molecule has 7 heteroatoms. The van der Waals surface area contributed by atoms with Crippen LogP contribution < -0.4 is 10.1 Å². The highest BCUT2D eigenvalue weighted by Crippen LogP contribution is 2.20. The highest BCUT2D eigenvalue weighted by Gasteiger charge is 2.25. The van der Waals surface area contributed by atoms with Gasteiger partial charge < -0.3 is 15.2 Å². The van der Waals surface area contributed by atoms with Crippen molar-refractivity contribution in [3.05, 3.63) is 28.7 Å². The predicted octanol–water partition coefficient (Wildman–Crippen LogP) is 3.12. The molecule has 0 bridgehead atoms. The first-order chi connectivity index (χ1) is 9.37. The number of halogens is 4. The molecule has 0 aliphatic carbocycles. The monoisotopic (exact) mass is 355 g/mol. The molecule has 1 aromatic rings. The molecule has 0 amide bonds. The van der Waals surface area contributed by atoms with Crippen molar-refractivity contribution in [3.63, 3.8) is 0 Å². The van der Waals surface area contributed by atoms with Crippen LogP contribution in [-0.4, -0.2) is 37.1 Å². The first-order valence-electron chi connectivity index (χ1n) is 6.21. The van der Waals surface area contributed by atoms with Crippen molar-refractivity contribution >= 4 is 15.9 Å². The van der Waals surface area contributed by atoms with E-state index < -0.39 is 18.7 Å². The van der Waals surface area contributed by atoms with E-state index in [4.69, 9.17) is 4.74 Å². The summed E-state index contributed by atoms with van der Waals surface area (Å²) < 4.78 is 41.9. The molecule has 0 fully saturated rings. The number of aliphatic hydroxyl groups excluding tert-OH is 1. The normalized spacial score (nSPS) is 13.2. The van der Waals surface area contributed by atoms with Gasteiger partial charge in [0, 0.05) is 17.4 Å². The third kappa shape index (κ3) is 8.39. The molecule has 1 unspecified atom stereocenters. The molecule has 0 heterocycles. The molecule has 1 aromatic carbocycles. The average Bonchev–Trinajstić information content (AvgIpc) is 2.35. The van der Waals surface area contributed by atoms with Crippen LogP contribution in [0, 0.1) is 0 Å². The van der Waals surface area contributed by atoms with Crippen LogP contribution in [0.25, 0.3) is 0 Å². The zero-order valence-corrected chi connectivity index (χ0v) is 12.4. The first-order valence-corrected chi connectivity index (χ1v) is 7.00. The van der Waals surface area contributed by atoms with Crippen molar-refractivity contribution < 1.29 is 23.0 Å². The molecule has 2 N–H and O–H groups in total. The number of nitrogens with one attached hydrogen (secondary N) is 1. The van der Waals surface area contributed by atoms with Gasteiger partial charge in [0.2, 0.25) is 0 Å². The molecular formula is C13H17BrF3NO2. The van der Waals surface area contributed by atoms with Crippen molar-refractivity contribution in [3.8, 4) is 5.75 Å². The number of aliphatic hydroxyl groups is 1. The van der Waals surface area contributed by atoms with Gasteiger partial charge in [-0.15, -0.1) is 0 Å². The summed E-state index contributed by atoms with van der Waals surface area (Å²) in [6, 6.07) is 7.18. The summed E-state index contributed by atoms with van der Waals surface area (Å²) in [7, 11) is 0. The van der Waals surface area contributed by atoms with E-state index in [9.17, 15) is 18.3 Å². The first kappa shape index (κ1) is 17.3. The summed E-state index contributed by atoms with van der Waals surface area (Å²) in [5.74, 6) is 0.621. The molecule has 3 nitrogen and oxygen atoms in total. The van der Waals surface area contributed by atoms with Gasteiger partial charge in [0.25, 0.3) is 0 Å². The minimum Gasteiger partial charge on any atom is -0.491 e. The van der Waals surface area contributed by atoms with Crippen LogP contribution in [0.1, 0.15) is 12.8 Å². The van der Waals surface area contributed by atoms with Crippen molar-refractivity contribution in [2.75, 3.05) is 19.7 Å². The Labute approximate surface area is 124 Å². The van der Waals surface area contributed by atoms with E-state index in [1.807, 2.05) is 6.07 Å². The van der Waals surface area contributed by atoms with Gasteiger partial charge in [-0.3, -0.25) is 0 Å². The van der Waals surface area contributed by atoms with E-state index in [1.165, 1.54) is 0 Å². The van der Waals surface area contributed by atoms with Crippen LogP contribution in [0.2, 0.25) is 0 Å². The standard InChI is InChI=1S/C13H17BrF3NO2/c14-10-3-1-4-12(7-10)20-9-11(19)8-18-6-2-5-13(15,16)17/h1,3-4,7,11,18-19H,2,5-6,8-9H2. The maximum atomic E-state index is 11.9. The van der Waals surface area contributed by atoms with Crippen LogP contribution in [-0.2, 0) is 0 Å². The SMILES string of the molecule is OC(CNCCCC(F)(F)F)COc1cccc(Br)c1. The number of hydrogen-bond donors (Lipinski definition) is 2. The molecule has 0 saturated heterocycles. The van der Waals surface area contributed by atoms with E-state index >= 15 is 0 Å². The summed E-state index contributed by atoms with van der Waals surface area (Å²) in [5.41, 5.74) is 0. The summed E-state index contributed by atoms with van der Waals surface area (Å²) in [4.78, 5) is 0. The van der Waals surface area contributed by atoms with Crippen LogP contribution in [0.3, 0.4) is 0 Å². The topological polar surface area (TPSA) is 41.5 Å². The molecule has 20 heavy (non-hydrogen) atoms. The Morgan fingerprint density at radius 1 is 1.35 bits per heavy atom. The molecule has 0 aromatic heterocycles. The van der Waals surface area contributed by atoms with E-state index in [0.29, 0.717) is 5.75 Å². The minimum atomic E-state index is -4.12. The molecule has 0 radical (unpaired) electrons. The Morgan fingerprint density at radius 3 is 2.75 bits per heavy atom. The molecular weight excluding hydrogens is 339 g/mol.